The summed E-state index contributed by atoms with van der Waals surface area (Å²) in [6.45, 7) is 5.62. The van der Waals surface area contributed by atoms with Gasteiger partial charge >= 0.3 is 0 Å². The van der Waals surface area contributed by atoms with Crippen LogP contribution in [-0.2, 0) is 16.8 Å². The first-order valence-electron chi connectivity index (χ1n) is 10.8. The molecule has 0 atom stereocenters. The molecule has 1 fully saturated rings. The van der Waals surface area contributed by atoms with Crippen LogP contribution >= 0.6 is 0 Å². The largest absolute Gasteiger partial charge is 0.382 e. The summed E-state index contributed by atoms with van der Waals surface area (Å²) in [4.78, 5) is 25.1. The molecule has 3 aromatic rings. The van der Waals surface area contributed by atoms with Gasteiger partial charge in [0.25, 0.3) is 0 Å². The molecule has 30 heavy (non-hydrogen) atoms. The van der Waals surface area contributed by atoms with Gasteiger partial charge in [0.15, 0.2) is 11.5 Å². The number of carbonyl (C=O) groups excluding carboxylic acids is 1. The molecule has 4 rings (SSSR count). The Balaban J connectivity index is 1.39. The van der Waals surface area contributed by atoms with Gasteiger partial charge in [-0.1, -0.05) is 51.0 Å². The summed E-state index contributed by atoms with van der Waals surface area (Å²) in [6.07, 6.45) is 8.13. The van der Waals surface area contributed by atoms with Crippen molar-refractivity contribution in [1.82, 2.24) is 24.8 Å². The molecule has 7 nitrogen and oxygen atoms in total. The van der Waals surface area contributed by atoms with Crippen molar-refractivity contribution in [3.63, 3.8) is 0 Å². The maximum absolute atomic E-state index is 12.6. The Bertz CT molecular complexity index is 1020. The number of nitrogens with zero attached hydrogens (tertiary/aromatic N) is 4. The number of nitrogen functional groups attached to an aromatic ring is 1. The number of rotatable bonds is 7. The Kier molecular flexibility index (Phi) is 5.70. The van der Waals surface area contributed by atoms with E-state index in [1.807, 2.05) is 4.57 Å². The van der Waals surface area contributed by atoms with Gasteiger partial charge in [-0.05, 0) is 29.9 Å². The quantitative estimate of drug-likeness (QED) is 0.625. The molecule has 0 aliphatic heterocycles. The van der Waals surface area contributed by atoms with Crippen molar-refractivity contribution >= 4 is 22.9 Å². The maximum atomic E-state index is 12.6. The number of amides is 1. The molecule has 0 bridgehead atoms. The summed E-state index contributed by atoms with van der Waals surface area (Å²) in [5.41, 5.74) is 9.82. The van der Waals surface area contributed by atoms with E-state index in [4.69, 9.17) is 5.73 Å². The molecule has 0 radical (unpaired) electrons. The summed E-state index contributed by atoms with van der Waals surface area (Å²) in [5.74, 6) is 0.928. The lowest BCUT2D eigenvalue weighted by molar-refractivity contribution is -0.121. The lowest BCUT2D eigenvalue weighted by Crippen LogP contribution is -2.39. The third-order valence-corrected chi connectivity index (χ3v) is 6.38. The van der Waals surface area contributed by atoms with Crippen LogP contribution in [0.3, 0.4) is 0 Å². The molecule has 1 aliphatic carbocycles. The first-order chi connectivity index (χ1) is 14.5. The zero-order valence-corrected chi connectivity index (χ0v) is 17.8. The van der Waals surface area contributed by atoms with Gasteiger partial charge in [0.2, 0.25) is 5.91 Å². The highest BCUT2D eigenvalue weighted by Crippen LogP contribution is 2.41. The van der Waals surface area contributed by atoms with Crippen molar-refractivity contribution in [1.29, 1.82) is 0 Å². The van der Waals surface area contributed by atoms with Crippen molar-refractivity contribution in [3.05, 3.63) is 48.0 Å². The number of aromatic nitrogens is 4. The molecule has 3 N–H and O–H groups in total. The topological polar surface area (TPSA) is 98.7 Å². The van der Waals surface area contributed by atoms with Gasteiger partial charge in [-0.25, -0.2) is 15.0 Å². The van der Waals surface area contributed by atoms with E-state index in [0.29, 0.717) is 42.4 Å². The average molecular weight is 407 g/mol. The number of aryl methyl sites for hydroxylation is 1. The van der Waals surface area contributed by atoms with Crippen LogP contribution in [0.2, 0.25) is 0 Å². The van der Waals surface area contributed by atoms with Crippen molar-refractivity contribution in [2.45, 2.75) is 63.8 Å². The number of carbonyl (C=O) groups is 1. The second-order valence-corrected chi connectivity index (χ2v) is 8.66. The highest BCUT2D eigenvalue weighted by Gasteiger charge is 2.35. The van der Waals surface area contributed by atoms with Crippen molar-refractivity contribution in [2.75, 3.05) is 12.3 Å². The molecule has 0 spiro atoms. The predicted molar refractivity (Wildman–Crippen MR) is 118 cm³/mol. The molecular formula is C23H30N6O. The third kappa shape index (κ3) is 4.01. The summed E-state index contributed by atoms with van der Waals surface area (Å²) in [6, 6.07) is 8.99. The van der Waals surface area contributed by atoms with E-state index in [2.05, 4.69) is 58.4 Å². The van der Waals surface area contributed by atoms with E-state index < -0.39 is 0 Å². The van der Waals surface area contributed by atoms with Crippen LogP contribution in [0.4, 0.5) is 5.82 Å². The standard InChI is InChI=1S/C23H30N6O/c1-16(2)17-5-7-18(8-6-17)23(10-3-4-11-23)13-25-19(30)9-12-29-15-28-20-21(24)26-14-27-22(20)29/h5-8,14-16H,3-4,9-13H2,1-2H3,(H,25,30)(H2,24,26,27). The lowest BCUT2D eigenvalue weighted by Gasteiger charge is -2.30. The fourth-order valence-electron chi connectivity index (χ4n) is 4.48. The Morgan fingerprint density at radius 3 is 2.60 bits per heavy atom. The predicted octanol–water partition coefficient (Wildman–Crippen LogP) is 3.55. The van der Waals surface area contributed by atoms with E-state index in [-0.39, 0.29) is 11.3 Å². The molecule has 7 heteroatoms. The molecule has 1 aliphatic rings. The third-order valence-electron chi connectivity index (χ3n) is 6.38. The fourth-order valence-corrected chi connectivity index (χ4v) is 4.48. The van der Waals surface area contributed by atoms with Crippen LogP contribution in [0.1, 0.15) is 63.0 Å². The number of hydrogen-bond acceptors (Lipinski definition) is 5. The van der Waals surface area contributed by atoms with Crippen LogP contribution in [0, 0.1) is 0 Å². The van der Waals surface area contributed by atoms with E-state index in [0.717, 1.165) is 12.8 Å². The molecule has 0 unspecified atom stereocenters. The minimum absolute atomic E-state index is 0.0453. The smallest absolute Gasteiger partial charge is 0.221 e. The fraction of sp³-hybridized carbons (Fsp3) is 0.478. The zero-order chi connectivity index (χ0) is 21.1. The van der Waals surface area contributed by atoms with Crippen LogP contribution in [-0.4, -0.2) is 32.0 Å². The number of nitrogens with two attached hydrogens (primary N) is 1. The summed E-state index contributed by atoms with van der Waals surface area (Å²) in [7, 11) is 0. The molecule has 2 heterocycles. The number of anilines is 1. The van der Waals surface area contributed by atoms with Gasteiger partial charge in [0.05, 0.1) is 6.33 Å². The molecule has 1 saturated carbocycles. The molecule has 2 aromatic heterocycles. The van der Waals surface area contributed by atoms with Crippen LogP contribution in [0.25, 0.3) is 11.2 Å². The Morgan fingerprint density at radius 1 is 1.17 bits per heavy atom. The number of hydrogen-bond donors (Lipinski definition) is 2. The zero-order valence-electron chi connectivity index (χ0n) is 17.8. The average Bonchev–Trinajstić information content (AvgIpc) is 3.39. The summed E-state index contributed by atoms with van der Waals surface area (Å²) < 4.78 is 1.85. The first-order valence-corrected chi connectivity index (χ1v) is 10.8. The molecule has 0 saturated heterocycles. The van der Waals surface area contributed by atoms with Gasteiger partial charge < -0.3 is 15.6 Å². The SMILES string of the molecule is CC(C)c1ccc(C2(CNC(=O)CCn3cnc4c(N)ncnc43)CCCC2)cc1. The monoisotopic (exact) mass is 406 g/mol. The van der Waals surface area contributed by atoms with Crippen LogP contribution in [0.5, 0.6) is 0 Å². The van der Waals surface area contributed by atoms with Gasteiger partial charge in [-0.2, -0.15) is 0 Å². The number of fused-ring (bicyclic) bond motifs is 1. The molecule has 158 valence electrons. The Morgan fingerprint density at radius 2 is 1.90 bits per heavy atom. The minimum atomic E-state index is 0.0453. The van der Waals surface area contributed by atoms with E-state index >= 15 is 0 Å². The van der Waals surface area contributed by atoms with Gasteiger partial charge in [0.1, 0.15) is 11.8 Å². The van der Waals surface area contributed by atoms with Gasteiger partial charge in [-0.3, -0.25) is 4.79 Å². The van der Waals surface area contributed by atoms with E-state index in [1.54, 1.807) is 6.33 Å². The highest BCUT2D eigenvalue weighted by atomic mass is 16.1. The number of nitrogens with one attached hydrogen (secondary N) is 1. The van der Waals surface area contributed by atoms with Crippen molar-refractivity contribution in [3.8, 4) is 0 Å². The maximum Gasteiger partial charge on any atom is 0.221 e. The van der Waals surface area contributed by atoms with Crippen LogP contribution in [0.15, 0.2) is 36.9 Å². The second kappa shape index (κ2) is 8.42. The first kappa shape index (κ1) is 20.3. The Hall–Kier alpha value is -2.96. The molecule has 1 aromatic carbocycles. The van der Waals surface area contributed by atoms with Crippen molar-refractivity contribution in [2.24, 2.45) is 0 Å². The molecule has 1 amide bonds. The highest BCUT2D eigenvalue weighted by molar-refractivity contribution is 5.81. The summed E-state index contributed by atoms with van der Waals surface area (Å²) in [5, 5.41) is 3.19. The van der Waals surface area contributed by atoms with Gasteiger partial charge in [0, 0.05) is 24.9 Å². The Labute approximate surface area is 177 Å². The van der Waals surface area contributed by atoms with Crippen molar-refractivity contribution < 1.29 is 4.79 Å². The van der Waals surface area contributed by atoms with E-state index in [9.17, 15) is 4.79 Å². The lowest BCUT2D eigenvalue weighted by atomic mass is 9.78. The van der Waals surface area contributed by atoms with E-state index in [1.165, 1.54) is 30.3 Å². The number of benzene rings is 1. The second-order valence-electron chi connectivity index (χ2n) is 8.66. The van der Waals surface area contributed by atoms with Gasteiger partial charge in [-0.15, -0.1) is 0 Å². The minimum Gasteiger partial charge on any atom is -0.382 e. The summed E-state index contributed by atoms with van der Waals surface area (Å²) >= 11 is 0. The van der Waals surface area contributed by atoms with Crippen LogP contribution < -0.4 is 11.1 Å². The molecular weight excluding hydrogens is 376 g/mol. The normalized spacial score (nSPS) is 15.7. The number of imidazole rings is 1.